The average molecular weight is 334 g/mol. The van der Waals surface area contributed by atoms with Gasteiger partial charge in [0.05, 0.1) is 6.61 Å². The molecule has 0 aliphatic heterocycles. The van der Waals surface area contributed by atoms with Crippen LogP contribution >= 0.6 is 0 Å². The summed E-state index contributed by atoms with van der Waals surface area (Å²) >= 11 is 0. The van der Waals surface area contributed by atoms with E-state index >= 15 is 0 Å². The number of unbranched alkanes of at least 4 members (excludes halogenated alkanes) is 3. The molecule has 2 N–H and O–H groups in total. The number of rotatable bonds is 16. The summed E-state index contributed by atoms with van der Waals surface area (Å²) < 4.78 is 0. The largest absolute Gasteiger partial charge is 0.395 e. The van der Waals surface area contributed by atoms with Crippen LogP contribution < -0.4 is 5.32 Å². The van der Waals surface area contributed by atoms with Crippen LogP contribution in [-0.4, -0.2) is 24.3 Å². The summed E-state index contributed by atoms with van der Waals surface area (Å²) in [7, 11) is 0. The highest BCUT2D eigenvalue weighted by atomic mass is 16.3. The lowest BCUT2D eigenvalue weighted by molar-refractivity contribution is 0.284. The molecule has 24 heavy (non-hydrogen) atoms. The minimum Gasteiger partial charge on any atom is -0.395 e. The van der Waals surface area contributed by atoms with Gasteiger partial charge in [0.2, 0.25) is 0 Å². The van der Waals surface area contributed by atoms with Gasteiger partial charge in [0.1, 0.15) is 0 Å². The Kier molecular flexibility index (Phi) is 19.0. The Bertz CT molecular complexity index is 355. The van der Waals surface area contributed by atoms with Gasteiger partial charge in [-0.25, -0.2) is 0 Å². The molecular weight excluding hydrogens is 294 g/mol. The predicted octanol–water partition coefficient (Wildman–Crippen LogP) is 5.71. The van der Waals surface area contributed by atoms with E-state index in [0.29, 0.717) is 12.6 Å². The van der Waals surface area contributed by atoms with E-state index in [0.717, 1.165) is 32.1 Å². The molecule has 2 nitrogen and oxygen atoms in total. The molecule has 138 valence electrons. The summed E-state index contributed by atoms with van der Waals surface area (Å²) in [5.74, 6) is 0. The lowest BCUT2D eigenvalue weighted by atomic mass is 10.1. The van der Waals surface area contributed by atoms with Gasteiger partial charge >= 0.3 is 0 Å². The first-order valence-electron chi connectivity index (χ1n) is 9.75. The molecule has 0 spiro atoms. The molecule has 0 aliphatic carbocycles. The third-order valence-electron chi connectivity index (χ3n) is 3.83. The highest BCUT2D eigenvalue weighted by Crippen LogP contribution is 2.01. The maximum Gasteiger partial charge on any atom is 0.0556 e. The molecule has 0 heterocycles. The van der Waals surface area contributed by atoms with Crippen molar-refractivity contribution in [2.24, 2.45) is 0 Å². The van der Waals surface area contributed by atoms with Crippen LogP contribution in [0.1, 0.15) is 71.6 Å². The van der Waals surface area contributed by atoms with E-state index in [1.165, 1.54) is 25.7 Å². The number of aliphatic hydroxyl groups excluding tert-OH is 1. The summed E-state index contributed by atoms with van der Waals surface area (Å²) in [6.45, 7) is 5.31. The van der Waals surface area contributed by atoms with Crippen molar-refractivity contribution in [2.45, 2.75) is 77.7 Å². The first-order chi connectivity index (χ1) is 11.8. The zero-order valence-electron chi connectivity index (χ0n) is 15.9. The van der Waals surface area contributed by atoms with Gasteiger partial charge in [-0.3, -0.25) is 0 Å². The SMILES string of the molecule is CCCCC/C=C\C/C=C\C/C=C\C/C=C\CCC(C)NCCO. The van der Waals surface area contributed by atoms with E-state index in [1.54, 1.807) is 0 Å². The normalized spacial score (nSPS) is 14.0. The number of hydrogen-bond acceptors (Lipinski definition) is 2. The van der Waals surface area contributed by atoms with Crippen LogP contribution in [0, 0.1) is 0 Å². The van der Waals surface area contributed by atoms with E-state index in [2.05, 4.69) is 67.8 Å². The molecule has 0 aromatic rings. The average Bonchev–Trinajstić information content (AvgIpc) is 2.59. The molecule has 0 rings (SSSR count). The molecular formula is C22H39NO. The van der Waals surface area contributed by atoms with E-state index < -0.39 is 0 Å². The van der Waals surface area contributed by atoms with Crippen LogP contribution in [-0.2, 0) is 0 Å². The third kappa shape index (κ3) is 18.9. The summed E-state index contributed by atoms with van der Waals surface area (Å²) in [5.41, 5.74) is 0. The molecule has 0 aromatic carbocycles. The van der Waals surface area contributed by atoms with Crippen molar-refractivity contribution in [3.63, 3.8) is 0 Å². The smallest absolute Gasteiger partial charge is 0.0556 e. The minimum atomic E-state index is 0.217. The van der Waals surface area contributed by atoms with Crippen molar-refractivity contribution >= 4 is 0 Å². The van der Waals surface area contributed by atoms with Crippen molar-refractivity contribution in [3.05, 3.63) is 48.6 Å². The number of hydrogen-bond donors (Lipinski definition) is 2. The van der Waals surface area contributed by atoms with Gasteiger partial charge in [-0.05, 0) is 51.9 Å². The Morgan fingerprint density at radius 1 is 0.792 bits per heavy atom. The molecule has 0 aliphatic rings. The fourth-order valence-electron chi connectivity index (χ4n) is 2.32. The number of nitrogens with one attached hydrogen (secondary N) is 1. The van der Waals surface area contributed by atoms with Crippen LogP contribution in [0.4, 0.5) is 0 Å². The first-order valence-corrected chi connectivity index (χ1v) is 9.75. The van der Waals surface area contributed by atoms with E-state index in [9.17, 15) is 0 Å². The number of allylic oxidation sites excluding steroid dienone is 8. The zero-order chi connectivity index (χ0) is 17.7. The maximum absolute atomic E-state index is 8.74. The Hall–Kier alpha value is -1.12. The highest BCUT2D eigenvalue weighted by Gasteiger charge is 1.97. The molecule has 0 amide bonds. The second-order valence-corrected chi connectivity index (χ2v) is 6.24. The van der Waals surface area contributed by atoms with E-state index in [-0.39, 0.29) is 6.61 Å². The summed E-state index contributed by atoms with van der Waals surface area (Å²) in [5, 5.41) is 12.0. The topological polar surface area (TPSA) is 32.3 Å². The van der Waals surface area contributed by atoms with Gasteiger partial charge in [-0.15, -0.1) is 0 Å². The van der Waals surface area contributed by atoms with Crippen molar-refractivity contribution in [3.8, 4) is 0 Å². The molecule has 0 saturated carbocycles. The monoisotopic (exact) mass is 333 g/mol. The van der Waals surface area contributed by atoms with Gasteiger partial charge < -0.3 is 10.4 Å². The molecule has 0 fully saturated rings. The van der Waals surface area contributed by atoms with Crippen molar-refractivity contribution in [2.75, 3.05) is 13.2 Å². The lowest BCUT2D eigenvalue weighted by Gasteiger charge is -2.10. The van der Waals surface area contributed by atoms with Gasteiger partial charge in [0.15, 0.2) is 0 Å². The lowest BCUT2D eigenvalue weighted by Crippen LogP contribution is -2.28. The summed E-state index contributed by atoms with van der Waals surface area (Å²) in [6, 6.07) is 0.475. The molecule has 0 bridgehead atoms. The Morgan fingerprint density at radius 3 is 1.88 bits per heavy atom. The molecule has 1 unspecified atom stereocenters. The van der Waals surface area contributed by atoms with Crippen LogP contribution in [0.5, 0.6) is 0 Å². The van der Waals surface area contributed by atoms with Gasteiger partial charge in [-0.1, -0.05) is 68.4 Å². The zero-order valence-corrected chi connectivity index (χ0v) is 15.9. The fraction of sp³-hybridized carbons (Fsp3) is 0.636. The Morgan fingerprint density at radius 2 is 1.33 bits per heavy atom. The Balaban J connectivity index is 3.45. The van der Waals surface area contributed by atoms with Crippen molar-refractivity contribution in [1.82, 2.24) is 5.32 Å². The van der Waals surface area contributed by atoms with Gasteiger partial charge in [0.25, 0.3) is 0 Å². The standard InChI is InChI=1S/C22H39NO/c1-3-4-5-6-7-8-9-10-11-12-13-14-15-16-17-18-19-22(2)23-20-21-24/h7-8,10-11,13-14,16-17,22-24H,3-6,9,12,15,18-21H2,1-2H3/b8-7-,11-10-,14-13-,17-16-. The van der Waals surface area contributed by atoms with Crippen LogP contribution in [0.25, 0.3) is 0 Å². The van der Waals surface area contributed by atoms with Crippen molar-refractivity contribution < 1.29 is 5.11 Å². The summed E-state index contributed by atoms with van der Waals surface area (Å²) in [6.07, 6.45) is 28.5. The molecule has 0 radical (unpaired) electrons. The molecule has 1 atom stereocenters. The number of aliphatic hydroxyl groups is 1. The highest BCUT2D eigenvalue weighted by molar-refractivity contribution is 4.99. The van der Waals surface area contributed by atoms with Crippen LogP contribution in [0.3, 0.4) is 0 Å². The van der Waals surface area contributed by atoms with Gasteiger partial charge in [-0.2, -0.15) is 0 Å². The summed E-state index contributed by atoms with van der Waals surface area (Å²) in [4.78, 5) is 0. The fourth-order valence-corrected chi connectivity index (χ4v) is 2.32. The first kappa shape index (κ1) is 22.9. The quantitative estimate of drug-likeness (QED) is 0.280. The van der Waals surface area contributed by atoms with Gasteiger partial charge in [0, 0.05) is 12.6 Å². The van der Waals surface area contributed by atoms with Crippen molar-refractivity contribution in [1.29, 1.82) is 0 Å². The second kappa shape index (κ2) is 19.9. The second-order valence-electron chi connectivity index (χ2n) is 6.24. The van der Waals surface area contributed by atoms with E-state index in [4.69, 9.17) is 5.11 Å². The molecule has 0 saturated heterocycles. The van der Waals surface area contributed by atoms with E-state index in [1.807, 2.05) is 0 Å². The molecule has 2 heteroatoms. The predicted molar refractivity (Wildman–Crippen MR) is 108 cm³/mol. The molecule has 0 aromatic heterocycles. The van der Waals surface area contributed by atoms with Crippen LogP contribution in [0.2, 0.25) is 0 Å². The van der Waals surface area contributed by atoms with Crippen LogP contribution in [0.15, 0.2) is 48.6 Å². The Labute approximate surface area is 150 Å². The minimum absolute atomic E-state index is 0.217. The third-order valence-corrected chi connectivity index (χ3v) is 3.83. The maximum atomic E-state index is 8.74.